The molecule has 1 aromatic carbocycles. The Balaban J connectivity index is 1.69. The van der Waals surface area contributed by atoms with Gasteiger partial charge in [-0.05, 0) is 36.8 Å². The second kappa shape index (κ2) is 6.16. The first-order valence-corrected chi connectivity index (χ1v) is 8.96. The van der Waals surface area contributed by atoms with Gasteiger partial charge in [0.15, 0.2) is 9.84 Å². The number of hydrogen-bond donors (Lipinski definition) is 0. The molecular weight excluding hydrogens is 321 g/mol. The summed E-state index contributed by atoms with van der Waals surface area (Å²) in [5, 5.41) is -0.620. The molecule has 1 aliphatic rings. The summed E-state index contributed by atoms with van der Waals surface area (Å²) in [7, 11) is -3.40. The summed E-state index contributed by atoms with van der Waals surface area (Å²) in [6, 6.07) is 8.66. The van der Waals surface area contributed by atoms with E-state index >= 15 is 0 Å². The minimum absolute atomic E-state index is 0.123. The quantitative estimate of drug-likeness (QED) is 0.858. The molecule has 0 spiro atoms. The van der Waals surface area contributed by atoms with Gasteiger partial charge in [-0.25, -0.2) is 12.8 Å². The van der Waals surface area contributed by atoms with Crippen molar-refractivity contribution in [2.24, 2.45) is 0 Å². The minimum atomic E-state index is -3.40. The number of hydrogen-bond acceptors (Lipinski definition) is 4. The van der Waals surface area contributed by atoms with Gasteiger partial charge in [0.05, 0.1) is 11.5 Å². The molecule has 0 bridgehead atoms. The molecule has 0 saturated carbocycles. The highest BCUT2D eigenvalue weighted by Gasteiger charge is 2.35. The lowest BCUT2D eigenvalue weighted by atomic mass is 10.2. The minimum Gasteiger partial charge on any atom is -0.468 e. The molecule has 3 rings (SSSR count). The van der Waals surface area contributed by atoms with Gasteiger partial charge >= 0.3 is 0 Å². The molecule has 5 nitrogen and oxygen atoms in total. The predicted molar refractivity (Wildman–Crippen MR) is 82.0 cm³/mol. The van der Waals surface area contributed by atoms with Gasteiger partial charge in [0, 0.05) is 18.7 Å². The standard InChI is InChI=1S/C16H16FNO4S/c17-13-4-1-3-12(9-13)16(19)18-7-6-15(10-18)23(20,21)11-14-5-2-8-22-14/h1-5,8-9,15H,6-7,10-11H2/t15-/m1/s1. The third-order valence-corrected chi connectivity index (χ3v) is 6.02. The molecule has 0 unspecified atom stereocenters. The Morgan fingerprint density at radius 2 is 2.13 bits per heavy atom. The molecule has 1 fully saturated rings. The van der Waals surface area contributed by atoms with Crippen LogP contribution in [0.1, 0.15) is 22.5 Å². The molecule has 1 saturated heterocycles. The topological polar surface area (TPSA) is 67.6 Å². The average molecular weight is 337 g/mol. The van der Waals surface area contributed by atoms with Gasteiger partial charge in [-0.2, -0.15) is 0 Å². The van der Waals surface area contributed by atoms with Crippen molar-refractivity contribution in [3.8, 4) is 0 Å². The van der Waals surface area contributed by atoms with E-state index in [1.54, 1.807) is 12.1 Å². The second-order valence-corrected chi connectivity index (χ2v) is 7.84. The molecule has 1 atom stereocenters. The van der Waals surface area contributed by atoms with Gasteiger partial charge in [0.1, 0.15) is 17.3 Å². The van der Waals surface area contributed by atoms with Crippen LogP contribution >= 0.6 is 0 Å². The summed E-state index contributed by atoms with van der Waals surface area (Å²) < 4.78 is 43.1. The number of benzene rings is 1. The fraction of sp³-hybridized carbons (Fsp3) is 0.312. The number of amides is 1. The summed E-state index contributed by atoms with van der Waals surface area (Å²) in [4.78, 5) is 13.8. The predicted octanol–water partition coefficient (Wildman–Crippen LogP) is 2.25. The van der Waals surface area contributed by atoms with E-state index in [0.29, 0.717) is 18.7 Å². The van der Waals surface area contributed by atoms with E-state index in [0.717, 1.165) is 6.07 Å². The average Bonchev–Trinajstić information content (AvgIpc) is 3.17. The van der Waals surface area contributed by atoms with Crippen molar-refractivity contribution in [3.05, 3.63) is 59.8 Å². The van der Waals surface area contributed by atoms with Crippen molar-refractivity contribution < 1.29 is 22.0 Å². The van der Waals surface area contributed by atoms with Gasteiger partial charge < -0.3 is 9.32 Å². The molecule has 1 aromatic heterocycles. The third-order valence-electron chi connectivity index (χ3n) is 3.94. The molecular formula is C16H16FNO4S. The van der Waals surface area contributed by atoms with E-state index in [1.807, 2.05) is 0 Å². The Morgan fingerprint density at radius 3 is 2.83 bits per heavy atom. The number of sulfone groups is 1. The van der Waals surface area contributed by atoms with Crippen LogP contribution in [0.25, 0.3) is 0 Å². The Morgan fingerprint density at radius 1 is 1.30 bits per heavy atom. The van der Waals surface area contributed by atoms with Crippen LogP contribution in [0.2, 0.25) is 0 Å². The van der Waals surface area contributed by atoms with Gasteiger partial charge in [0.2, 0.25) is 0 Å². The van der Waals surface area contributed by atoms with Crippen LogP contribution in [0, 0.1) is 5.82 Å². The normalized spacial score (nSPS) is 18.3. The number of carbonyl (C=O) groups is 1. The molecule has 2 aromatic rings. The Bertz CT molecular complexity index is 801. The lowest BCUT2D eigenvalue weighted by molar-refractivity contribution is 0.0792. The number of likely N-dealkylation sites (tertiary alicyclic amines) is 1. The molecule has 23 heavy (non-hydrogen) atoms. The Kier molecular flexibility index (Phi) is 4.21. The maximum Gasteiger partial charge on any atom is 0.253 e. The van der Waals surface area contributed by atoms with Gasteiger partial charge in [-0.15, -0.1) is 0 Å². The van der Waals surface area contributed by atoms with Crippen LogP contribution in [0.3, 0.4) is 0 Å². The molecule has 0 radical (unpaired) electrons. The fourth-order valence-electron chi connectivity index (χ4n) is 2.72. The number of furan rings is 1. The molecule has 0 N–H and O–H groups in total. The summed E-state index contributed by atoms with van der Waals surface area (Å²) in [5.41, 5.74) is 0.231. The van der Waals surface area contributed by atoms with E-state index in [4.69, 9.17) is 4.42 Å². The Hall–Kier alpha value is -2.15. The summed E-state index contributed by atoms with van der Waals surface area (Å²) >= 11 is 0. The highest BCUT2D eigenvalue weighted by molar-refractivity contribution is 7.91. The summed E-state index contributed by atoms with van der Waals surface area (Å²) in [6.45, 7) is 0.468. The fourth-order valence-corrected chi connectivity index (χ4v) is 4.39. The zero-order valence-corrected chi connectivity index (χ0v) is 13.1. The number of nitrogens with zero attached hydrogens (tertiary/aromatic N) is 1. The van der Waals surface area contributed by atoms with Gasteiger partial charge in [-0.3, -0.25) is 4.79 Å². The van der Waals surface area contributed by atoms with Crippen LogP contribution < -0.4 is 0 Å². The van der Waals surface area contributed by atoms with E-state index in [-0.39, 0.29) is 23.8 Å². The van der Waals surface area contributed by atoms with Crippen molar-refractivity contribution in [3.63, 3.8) is 0 Å². The van der Waals surface area contributed by atoms with Crippen molar-refractivity contribution >= 4 is 15.7 Å². The lowest BCUT2D eigenvalue weighted by Gasteiger charge is -2.16. The highest BCUT2D eigenvalue weighted by atomic mass is 32.2. The van der Waals surface area contributed by atoms with Gasteiger partial charge in [0.25, 0.3) is 5.91 Å². The first-order chi connectivity index (χ1) is 11.0. The number of carbonyl (C=O) groups excluding carboxylic acids is 1. The van der Waals surface area contributed by atoms with Crippen LogP contribution in [0.5, 0.6) is 0 Å². The van der Waals surface area contributed by atoms with Crippen molar-refractivity contribution in [1.29, 1.82) is 0 Å². The highest BCUT2D eigenvalue weighted by Crippen LogP contribution is 2.22. The first-order valence-electron chi connectivity index (χ1n) is 7.24. The lowest BCUT2D eigenvalue weighted by Crippen LogP contribution is -2.32. The Labute approximate surface area is 133 Å². The number of rotatable bonds is 4. The summed E-state index contributed by atoms with van der Waals surface area (Å²) in [6.07, 6.45) is 1.81. The monoisotopic (exact) mass is 337 g/mol. The first kappa shape index (κ1) is 15.7. The third kappa shape index (κ3) is 3.44. The SMILES string of the molecule is O=C(c1cccc(F)c1)N1CC[C@@H](S(=O)(=O)Cc2ccco2)C1. The maximum absolute atomic E-state index is 13.2. The smallest absolute Gasteiger partial charge is 0.253 e. The van der Waals surface area contributed by atoms with Crippen LogP contribution in [0.4, 0.5) is 4.39 Å². The van der Waals surface area contributed by atoms with Crippen molar-refractivity contribution in [1.82, 2.24) is 4.90 Å². The molecule has 122 valence electrons. The maximum atomic E-state index is 13.2. The zero-order chi connectivity index (χ0) is 16.4. The molecule has 1 amide bonds. The molecule has 7 heteroatoms. The summed E-state index contributed by atoms with van der Waals surface area (Å²) in [5.74, 6) is -0.621. The second-order valence-electron chi connectivity index (χ2n) is 5.56. The van der Waals surface area contributed by atoms with E-state index in [2.05, 4.69) is 0 Å². The molecule has 2 heterocycles. The van der Waals surface area contributed by atoms with Crippen molar-refractivity contribution in [2.75, 3.05) is 13.1 Å². The van der Waals surface area contributed by atoms with Crippen molar-refractivity contribution in [2.45, 2.75) is 17.4 Å². The molecule has 1 aliphatic heterocycles. The largest absolute Gasteiger partial charge is 0.468 e. The molecule has 0 aliphatic carbocycles. The van der Waals surface area contributed by atoms with Gasteiger partial charge in [-0.1, -0.05) is 6.07 Å². The van der Waals surface area contributed by atoms with E-state index in [1.165, 1.54) is 29.4 Å². The van der Waals surface area contributed by atoms with Crippen LogP contribution in [-0.4, -0.2) is 37.6 Å². The van der Waals surface area contributed by atoms with Crippen LogP contribution in [-0.2, 0) is 15.6 Å². The van der Waals surface area contributed by atoms with Crippen LogP contribution in [0.15, 0.2) is 47.1 Å². The zero-order valence-electron chi connectivity index (χ0n) is 12.3. The van der Waals surface area contributed by atoms with E-state index < -0.39 is 20.9 Å². The number of halogens is 1. The van der Waals surface area contributed by atoms with E-state index in [9.17, 15) is 17.6 Å².